The molecule has 0 radical (unpaired) electrons. The molecule has 3 aromatic rings. The van der Waals surface area contributed by atoms with Crippen LogP contribution in [0, 0.1) is 12.8 Å². The molecule has 1 saturated carbocycles. The summed E-state index contributed by atoms with van der Waals surface area (Å²) in [7, 11) is 1.44. The van der Waals surface area contributed by atoms with Crippen LogP contribution in [0.2, 0.25) is 0 Å². The smallest absolute Gasteiger partial charge is 0.308 e. The highest BCUT2D eigenvalue weighted by Gasteiger charge is 2.28. The summed E-state index contributed by atoms with van der Waals surface area (Å²) < 4.78 is 4.86. The molecule has 1 fully saturated rings. The van der Waals surface area contributed by atoms with Crippen molar-refractivity contribution in [3.63, 3.8) is 0 Å². The van der Waals surface area contributed by atoms with Crippen molar-refractivity contribution < 1.29 is 14.3 Å². The fourth-order valence-electron chi connectivity index (χ4n) is 4.44. The largest absolute Gasteiger partial charge is 0.469 e. The van der Waals surface area contributed by atoms with Crippen LogP contribution in [0.5, 0.6) is 0 Å². The third-order valence-corrected chi connectivity index (χ3v) is 7.34. The average Bonchev–Trinajstić information content (AvgIpc) is 3.20. The Labute approximate surface area is 193 Å². The van der Waals surface area contributed by atoms with Gasteiger partial charge in [0.05, 0.1) is 18.6 Å². The van der Waals surface area contributed by atoms with Crippen LogP contribution in [0.15, 0.2) is 60.0 Å². The quantitative estimate of drug-likeness (QED) is 0.488. The summed E-state index contributed by atoms with van der Waals surface area (Å²) >= 11 is 1.63. The first-order valence-electron chi connectivity index (χ1n) is 11.1. The van der Waals surface area contributed by atoms with E-state index in [-0.39, 0.29) is 23.8 Å². The number of aryl methyl sites for hydroxylation is 1. The molecule has 0 bridgehead atoms. The molecule has 0 unspecified atom stereocenters. The van der Waals surface area contributed by atoms with Crippen LogP contribution >= 0.6 is 11.3 Å². The number of thiophene rings is 1. The van der Waals surface area contributed by atoms with Gasteiger partial charge in [-0.1, -0.05) is 54.6 Å². The zero-order chi connectivity index (χ0) is 22.5. The number of benzene rings is 2. The number of ether oxygens (including phenoxy) is 1. The number of methoxy groups -OCH3 is 1. The number of carbonyl (C=O) groups is 2. The molecule has 4 rings (SSSR count). The molecule has 0 saturated heterocycles. The summed E-state index contributed by atoms with van der Waals surface area (Å²) in [6.07, 6.45) is 3.89. The summed E-state index contributed by atoms with van der Waals surface area (Å²) in [4.78, 5) is 26.0. The van der Waals surface area contributed by atoms with Gasteiger partial charge in [0.1, 0.15) is 0 Å². The molecule has 0 spiro atoms. The predicted octanol–water partition coefficient (Wildman–Crippen LogP) is 5.78. The SMILES string of the molecule is COC(=O)C1CCC(NC(=O)c2csc(C)c2Cc2ccc(-c3ccccc3)cc2)CC1. The molecule has 5 heteroatoms. The predicted molar refractivity (Wildman–Crippen MR) is 129 cm³/mol. The van der Waals surface area contributed by atoms with E-state index in [1.807, 2.05) is 23.6 Å². The monoisotopic (exact) mass is 447 g/mol. The first-order chi connectivity index (χ1) is 15.5. The van der Waals surface area contributed by atoms with E-state index in [0.29, 0.717) is 0 Å². The number of rotatable bonds is 6. The number of esters is 1. The third-order valence-electron chi connectivity index (χ3n) is 6.39. The maximum atomic E-state index is 13.1. The second-order valence-electron chi connectivity index (χ2n) is 8.47. The molecule has 0 aliphatic heterocycles. The molecule has 166 valence electrons. The molecular weight excluding hydrogens is 418 g/mol. The number of carbonyl (C=O) groups excluding carboxylic acids is 2. The topological polar surface area (TPSA) is 55.4 Å². The maximum Gasteiger partial charge on any atom is 0.308 e. The van der Waals surface area contributed by atoms with Crippen molar-refractivity contribution in [3.8, 4) is 11.1 Å². The van der Waals surface area contributed by atoms with Crippen LogP contribution in [0.3, 0.4) is 0 Å². The Bertz CT molecular complexity index is 1060. The van der Waals surface area contributed by atoms with Crippen molar-refractivity contribution in [2.45, 2.75) is 45.1 Å². The van der Waals surface area contributed by atoms with Gasteiger partial charge in [-0.3, -0.25) is 9.59 Å². The zero-order valence-corrected chi connectivity index (χ0v) is 19.4. The van der Waals surface area contributed by atoms with E-state index < -0.39 is 0 Å². The van der Waals surface area contributed by atoms with Crippen molar-refractivity contribution in [1.29, 1.82) is 0 Å². The van der Waals surface area contributed by atoms with Gasteiger partial charge >= 0.3 is 5.97 Å². The summed E-state index contributed by atoms with van der Waals surface area (Å²) in [6, 6.07) is 19.0. The van der Waals surface area contributed by atoms with Crippen LogP contribution in [0.1, 0.15) is 52.0 Å². The summed E-state index contributed by atoms with van der Waals surface area (Å²) in [5, 5.41) is 5.17. The van der Waals surface area contributed by atoms with E-state index in [4.69, 9.17) is 4.74 Å². The van der Waals surface area contributed by atoms with Gasteiger partial charge in [-0.25, -0.2) is 0 Å². The number of nitrogens with one attached hydrogen (secondary N) is 1. The van der Waals surface area contributed by atoms with Gasteiger partial charge in [0.2, 0.25) is 0 Å². The van der Waals surface area contributed by atoms with Crippen molar-refractivity contribution in [3.05, 3.63) is 81.5 Å². The number of amides is 1. The Morgan fingerprint density at radius 2 is 1.62 bits per heavy atom. The molecule has 32 heavy (non-hydrogen) atoms. The second-order valence-corrected chi connectivity index (χ2v) is 9.55. The van der Waals surface area contributed by atoms with Gasteiger partial charge < -0.3 is 10.1 Å². The lowest BCUT2D eigenvalue weighted by Gasteiger charge is -2.27. The fraction of sp³-hybridized carbons (Fsp3) is 0.333. The number of hydrogen-bond acceptors (Lipinski definition) is 4. The van der Waals surface area contributed by atoms with Crippen LogP contribution in [0.4, 0.5) is 0 Å². The van der Waals surface area contributed by atoms with Crippen molar-refractivity contribution in [1.82, 2.24) is 5.32 Å². The summed E-state index contributed by atoms with van der Waals surface area (Å²) in [5.41, 5.74) is 5.46. The highest BCUT2D eigenvalue weighted by molar-refractivity contribution is 7.10. The van der Waals surface area contributed by atoms with E-state index in [1.165, 1.54) is 28.7 Å². The van der Waals surface area contributed by atoms with E-state index >= 15 is 0 Å². The minimum absolute atomic E-state index is 0.00762. The highest BCUT2D eigenvalue weighted by atomic mass is 32.1. The molecule has 4 nitrogen and oxygen atoms in total. The molecule has 1 heterocycles. The van der Waals surface area contributed by atoms with Gasteiger partial charge in [0.25, 0.3) is 5.91 Å². The van der Waals surface area contributed by atoms with Crippen molar-refractivity contribution in [2.24, 2.45) is 5.92 Å². The molecule has 1 aromatic heterocycles. The highest BCUT2D eigenvalue weighted by Crippen LogP contribution is 2.28. The lowest BCUT2D eigenvalue weighted by Crippen LogP contribution is -2.39. The van der Waals surface area contributed by atoms with Crippen LogP contribution in [0.25, 0.3) is 11.1 Å². The van der Waals surface area contributed by atoms with E-state index in [2.05, 4.69) is 48.6 Å². The van der Waals surface area contributed by atoms with Gasteiger partial charge in [0, 0.05) is 16.3 Å². The van der Waals surface area contributed by atoms with Gasteiger partial charge in [-0.2, -0.15) is 0 Å². The molecule has 0 atom stereocenters. The van der Waals surface area contributed by atoms with Crippen LogP contribution in [-0.2, 0) is 16.0 Å². The normalized spacial score (nSPS) is 18.2. The molecular formula is C27H29NO3S. The molecule has 1 amide bonds. The van der Waals surface area contributed by atoms with E-state index in [1.54, 1.807) is 11.3 Å². The first-order valence-corrected chi connectivity index (χ1v) is 12.0. The minimum Gasteiger partial charge on any atom is -0.469 e. The Morgan fingerprint density at radius 1 is 0.969 bits per heavy atom. The Morgan fingerprint density at radius 3 is 2.28 bits per heavy atom. The van der Waals surface area contributed by atoms with Crippen molar-refractivity contribution in [2.75, 3.05) is 7.11 Å². The Hall–Kier alpha value is -2.92. The first kappa shape index (κ1) is 22.3. The molecule has 1 aliphatic rings. The zero-order valence-electron chi connectivity index (χ0n) is 18.6. The Kier molecular flexibility index (Phi) is 7.05. The standard InChI is InChI=1S/C27H29NO3S/c1-18-24(16-19-8-10-21(11-9-19)20-6-4-3-5-7-20)25(17-32-18)26(29)28-23-14-12-22(13-15-23)27(30)31-2/h3-11,17,22-23H,12-16H2,1-2H3,(H,28,29). The van der Waals surface area contributed by atoms with Gasteiger partial charge in [0.15, 0.2) is 0 Å². The maximum absolute atomic E-state index is 13.1. The number of hydrogen-bond donors (Lipinski definition) is 1. The molecule has 2 aromatic carbocycles. The second kappa shape index (κ2) is 10.1. The minimum atomic E-state index is -0.135. The summed E-state index contributed by atoms with van der Waals surface area (Å²) in [6.45, 7) is 2.08. The van der Waals surface area contributed by atoms with E-state index in [9.17, 15) is 9.59 Å². The van der Waals surface area contributed by atoms with Gasteiger partial charge in [-0.05, 0) is 61.3 Å². The van der Waals surface area contributed by atoms with Crippen LogP contribution < -0.4 is 5.32 Å². The van der Waals surface area contributed by atoms with E-state index in [0.717, 1.165) is 43.2 Å². The van der Waals surface area contributed by atoms with Crippen LogP contribution in [-0.4, -0.2) is 25.0 Å². The van der Waals surface area contributed by atoms with Gasteiger partial charge in [-0.15, -0.1) is 11.3 Å². The third kappa shape index (κ3) is 5.10. The average molecular weight is 448 g/mol. The van der Waals surface area contributed by atoms with Crippen molar-refractivity contribution >= 4 is 23.2 Å². The lowest BCUT2D eigenvalue weighted by atomic mass is 9.86. The fourth-order valence-corrected chi connectivity index (χ4v) is 5.31. The molecule has 1 N–H and O–H groups in total. The summed E-state index contributed by atoms with van der Waals surface area (Å²) in [5.74, 6) is -0.179. The molecule has 1 aliphatic carbocycles. The lowest BCUT2D eigenvalue weighted by molar-refractivity contribution is -0.146. The Balaban J connectivity index is 1.41.